The van der Waals surface area contributed by atoms with Gasteiger partial charge in [-0.05, 0) is 12.1 Å². The van der Waals surface area contributed by atoms with Crippen molar-refractivity contribution in [1.82, 2.24) is 9.97 Å². The lowest BCUT2D eigenvalue weighted by Crippen LogP contribution is -2.61. The standard InChI is InChI=1S/C26H31N3O10S/c1-14(30)35-13-20-21(36-15(2)31)22(37-16(3)32)23(38-17(4)33)26(39-20)40-25-24(29-9-11-34-12-10-29)27-18-7-5-6-8-19(18)28-25/h5-8,20-23,26H,9-13H2,1-4H3/t20-,21-,22+,23-,26+/m1/s1. The fraction of sp³-hybridized carbons (Fsp3) is 0.538. The smallest absolute Gasteiger partial charge is 0.303 e. The first kappa shape index (κ1) is 29.5. The van der Waals surface area contributed by atoms with Gasteiger partial charge in [0.05, 0.1) is 24.2 Å². The van der Waals surface area contributed by atoms with Crippen molar-refractivity contribution in [2.24, 2.45) is 0 Å². The Kier molecular flexibility index (Phi) is 9.76. The molecule has 40 heavy (non-hydrogen) atoms. The van der Waals surface area contributed by atoms with Gasteiger partial charge in [0.1, 0.15) is 17.7 Å². The number of anilines is 1. The lowest BCUT2D eigenvalue weighted by atomic mass is 9.99. The third kappa shape index (κ3) is 7.37. The summed E-state index contributed by atoms with van der Waals surface area (Å²) < 4.78 is 33.6. The molecule has 5 atom stereocenters. The normalized spacial score (nSPS) is 24.7. The largest absolute Gasteiger partial charge is 0.463 e. The third-order valence-electron chi connectivity index (χ3n) is 6.01. The van der Waals surface area contributed by atoms with Gasteiger partial charge < -0.3 is 33.3 Å². The predicted octanol–water partition coefficient (Wildman–Crippen LogP) is 1.64. The summed E-state index contributed by atoms with van der Waals surface area (Å²) >= 11 is 1.11. The molecule has 1 aromatic heterocycles. The number of nitrogens with zero attached hydrogens (tertiary/aromatic N) is 3. The van der Waals surface area contributed by atoms with E-state index in [0.29, 0.717) is 48.2 Å². The molecule has 216 valence electrons. The highest BCUT2D eigenvalue weighted by molar-refractivity contribution is 7.99. The minimum Gasteiger partial charge on any atom is -0.463 e. The highest BCUT2D eigenvalue weighted by Gasteiger charge is 2.52. The molecule has 4 rings (SSSR count). The quantitative estimate of drug-likeness (QED) is 0.330. The Morgan fingerprint density at radius 1 is 0.850 bits per heavy atom. The van der Waals surface area contributed by atoms with Gasteiger partial charge in [0.25, 0.3) is 0 Å². The molecule has 1 aromatic carbocycles. The molecule has 0 aliphatic carbocycles. The summed E-state index contributed by atoms with van der Waals surface area (Å²) in [5, 5.41) is 0.474. The molecule has 0 unspecified atom stereocenters. The molecule has 0 radical (unpaired) electrons. The van der Waals surface area contributed by atoms with Crippen molar-refractivity contribution in [1.29, 1.82) is 0 Å². The molecule has 2 saturated heterocycles. The van der Waals surface area contributed by atoms with Crippen molar-refractivity contribution in [2.45, 2.75) is 62.6 Å². The molecular formula is C26H31N3O10S. The predicted molar refractivity (Wildman–Crippen MR) is 140 cm³/mol. The van der Waals surface area contributed by atoms with E-state index in [0.717, 1.165) is 11.8 Å². The van der Waals surface area contributed by atoms with E-state index in [-0.39, 0.29) is 6.61 Å². The number of rotatable bonds is 8. The van der Waals surface area contributed by atoms with E-state index in [1.165, 1.54) is 27.7 Å². The Bertz CT molecular complexity index is 1250. The SMILES string of the molecule is CC(=O)OC[C@H]1O[C@@H](Sc2nc3ccccc3nc2N2CCOCC2)[C@H](OC(C)=O)[C@@H](OC(C)=O)[C@@H]1OC(C)=O. The Hall–Kier alpha value is -3.49. The van der Waals surface area contributed by atoms with Crippen LogP contribution < -0.4 is 4.90 Å². The molecule has 0 amide bonds. The number of thioether (sulfide) groups is 1. The number of esters is 4. The van der Waals surface area contributed by atoms with Crippen LogP contribution in [0.5, 0.6) is 0 Å². The van der Waals surface area contributed by atoms with Crippen molar-refractivity contribution in [3.8, 4) is 0 Å². The van der Waals surface area contributed by atoms with Crippen LogP contribution in [0.2, 0.25) is 0 Å². The summed E-state index contributed by atoms with van der Waals surface area (Å²) in [7, 11) is 0. The van der Waals surface area contributed by atoms with E-state index < -0.39 is 53.7 Å². The maximum atomic E-state index is 12.2. The Balaban J connectivity index is 1.77. The minimum absolute atomic E-state index is 0.311. The van der Waals surface area contributed by atoms with Gasteiger partial charge in [-0.15, -0.1) is 0 Å². The van der Waals surface area contributed by atoms with Crippen molar-refractivity contribution < 1.29 is 47.6 Å². The minimum atomic E-state index is -1.27. The number of carbonyl (C=O) groups excluding carboxylic acids is 4. The molecule has 2 fully saturated rings. The van der Waals surface area contributed by atoms with Gasteiger partial charge >= 0.3 is 23.9 Å². The fourth-order valence-corrected chi connectivity index (χ4v) is 5.62. The van der Waals surface area contributed by atoms with Gasteiger partial charge in [-0.1, -0.05) is 23.9 Å². The molecule has 14 heteroatoms. The van der Waals surface area contributed by atoms with Crippen LogP contribution in [0.15, 0.2) is 29.3 Å². The Morgan fingerprint density at radius 2 is 1.43 bits per heavy atom. The van der Waals surface area contributed by atoms with Gasteiger partial charge in [-0.3, -0.25) is 19.2 Å². The van der Waals surface area contributed by atoms with Crippen LogP contribution in [0.4, 0.5) is 5.82 Å². The van der Waals surface area contributed by atoms with Crippen LogP contribution in [0, 0.1) is 0 Å². The van der Waals surface area contributed by atoms with Gasteiger partial charge in [0.15, 0.2) is 29.6 Å². The monoisotopic (exact) mass is 577 g/mol. The highest BCUT2D eigenvalue weighted by Crippen LogP contribution is 2.40. The Morgan fingerprint density at radius 3 is 2.02 bits per heavy atom. The van der Waals surface area contributed by atoms with Crippen LogP contribution in [0.25, 0.3) is 11.0 Å². The van der Waals surface area contributed by atoms with Crippen molar-refractivity contribution in [2.75, 3.05) is 37.8 Å². The molecule has 0 spiro atoms. The number of hydrogen-bond donors (Lipinski definition) is 0. The molecule has 0 N–H and O–H groups in total. The number of fused-ring (bicyclic) bond motifs is 1. The second-order valence-corrected chi connectivity index (χ2v) is 10.2. The molecule has 0 saturated carbocycles. The molecule has 2 aliphatic rings. The molecule has 2 aromatic rings. The first-order chi connectivity index (χ1) is 19.1. The van der Waals surface area contributed by atoms with E-state index in [9.17, 15) is 19.2 Å². The zero-order valence-corrected chi connectivity index (χ0v) is 23.4. The number of ether oxygens (including phenoxy) is 6. The maximum Gasteiger partial charge on any atom is 0.303 e. The van der Waals surface area contributed by atoms with Crippen molar-refractivity contribution in [3.63, 3.8) is 0 Å². The average molecular weight is 578 g/mol. The number of benzene rings is 1. The first-order valence-electron chi connectivity index (χ1n) is 12.7. The van der Waals surface area contributed by atoms with Crippen LogP contribution >= 0.6 is 11.8 Å². The summed E-state index contributed by atoms with van der Waals surface area (Å²) in [5.74, 6) is -2.07. The van der Waals surface area contributed by atoms with Crippen molar-refractivity contribution in [3.05, 3.63) is 24.3 Å². The van der Waals surface area contributed by atoms with E-state index in [1.807, 2.05) is 29.2 Å². The van der Waals surface area contributed by atoms with E-state index >= 15 is 0 Å². The fourth-order valence-electron chi connectivity index (χ4n) is 4.43. The number of morpholine rings is 1. The van der Waals surface area contributed by atoms with E-state index in [1.54, 1.807) is 0 Å². The summed E-state index contributed by atoms with van der Waals surface area (Å²) in [5.41, 5.74) is 0.304. The van der Waals surface area contributed by atoms with Gasteiger partial charge in [0.2, 0.25) is 0 Å². The lowest BCUT2D eigenvalue weighted by Gasteiger charge is -2.44. The summed E-state index contributed by atoms with van der Waals surface area (Å²) in [6.07, 6.45) is -4.77. The summed E-state index contributed by atoms with van der Waals surface area (Å²) in [6.45, 7) is 6.66. The van der Waals surface area contributed by atoms with Gasteiger partial charge in [0, 0.05) is 40.8 Å². The second kappa shape index (κ2) is 13.2. The topological polar surface area (TPSA) is 153 Å². The highest BCUT2D eigenvalue weighted by atomic mass is 32.2. The van der Waals surface area contributed by atoms with Gasteiger partial charge in [-0.2, -0.15) is 0 Å². The third-order valence-corrected chi connectivity index (χ3v) is 7.12. The molecule has 3 heterocycles. The number of carbonyl (C=O) groups is 4. The van der Waals surface area contributed by atoms with Crippen LogP contribution in [-0.2, 0) is 47.6 Å². The van der Waals surface area contributed by atoms with E-state index in [2.05, 4.69) is 0 Å². The van der Waals surface area contributed by atoms with Crippen LogP contribution in [0.1, 0.15) is 27.7 Å². The summed E-state index contributed by atoms with van der Waals surface area (Å²) in [6, 6.07) is 7.39. The van der Waals surface area contributed by atoms with Crippen LogP contribution in [0.3, 0.4) is 0 Å². The lowest BCUT2D eigenvalue weighted by molar-refractivity contribution is -0.237. The van der Waals surface area contributed by atoms with Gasteiger partial charge in [-0.25, -0.2) is 9.97 Å². The molecular weight excluding hydrogens is 546 g/mol. The number of para-hydroxylation sites is 2. The summed E-state index contributed by atoms with van der Waals surface area (Å²) in [4.78, 5) is 59.7. The average Bonchev–Trinajstić information content (AvgIpc) is 2.90. The van der Waals surface area contributed by atoms with E-state index in [4.69, 9.17) is 38.4 Å². The number of hydrogen-bond acceptors (Lipinski definition) is 14. The molecule has 0 bridgehead atoms. The number of aromatic nitrogens is 2. The zero-order chi connectivity index (χ0) is 28.8. The molecule has 13 nitrogen and oxygen atoms in total. The molecule has 2 aliphatic heterocycles. The van der Waals surface area contributed by atoms with Crippen molar-refractivity contribution >= 4 is 52.5 Å². The Labute approximate surface area is 234 Å². The maximum absolute atomic E-state index is 12.2. The first-order valence-corrected chi connectivity index (χ1v) is 13.6. The second-order valence-electron chi connectivity index (χ2n) is 9.13. The zero-order valence-electron chi connectivity index (χ0n) is 22.6. The van der Waals surface area contributed by atoms with Crippen LogP contribution in [-0.4, -0.2) is 96.6 Å².